The van der Waals surface area contributed by atoms with Crippen molar-refractivity contribution < 1.29 is 34.2 Å². The van der Waals surface area contributed by atoms with Crippen LogP contribution in [0.3, 0.4) is 0 Å². The lowest BCUT2D eigenvalue weighted by Crippen LogP contribution is -2.57. The Morgan fingerprint density at radius 2 is 1.77 bits per heavy atom. The number of rotatable bonds is 12. The second kappa shape index (κ2) is 12.8. The number of benzene rings is 1. The fourth-order valence-electron chi connectivity index (χ4n) is 4.05. The monoisotopic (exact) mass is 490 g/mol. The average molecular weight is 491 g/mol. The fourth-order valence-corrected chi connectivity index (χ4v) is 4.05. The van der Waals surface area contributed by atoms with Crippen LogP contribution in [0, 0.1) is 5.92 Å². The van der Waals surface area contributed by atoms with E-state index in [2.05, 4.69) is 10.6 Å². The quantitative estimate of drug-likeness (QED) is 0.274. The molecular weight excluding hydrogens is 456 g/mol. The van der Waals surface area contributed by atoms with E-state index in [0.717, 1.165) is 5.56 Å². The van der Waals surface area contributed by atoms with Crippen molar-refractivity contribution in [1.82, 2.24) is 15.5 Å². The summed E-state index contributed by atoms with van der Waals surface area (Å²) in [7, 11) is 0. The van der Waals surface area contributed by atoms with Crippen molar-refractivity contribution in [3.05, 3.63) is 35.9 Å². The molecule has 0 radical (unpaired) electrons. The summed E-state index contributed by atoms with van der Waals surface area (Å²) >= 11 is 0. The van der Waals surface area contributed by atoms with Crippen LogP contribution < -0.4 is 16.4 Å². The summed E-state index contributed by atoms with van der Waals surface area (Å²) < 4.78 is 0. The number of nitrogens with two attached hydrogens (primary N) is 1. The van der Waals surface area contributed by atoms with Crippen molar-refractivity contribution in [3.63, 3.8) is 0 Å². The molecule has 5 atom stereocenters. The number of nitrogens with zero attached hydrogens (tertiary/aromatic N) is 1. The zero-order valence-corrected chi connectivity index (χ0v) is 20.0. The molecule has 1 aliphatic heterocycles. The predicted molar refractivity (Wildman–Crippen MR) is 126 cm³/mol. The van der Waals surface area contributed by atoms with Gasteiger partial charge in [0.1, 0.15) is 18.1 Å². The van der Waals surface area contributed by atoms with Gasteiger partial charge in [-0.15, -0.1) is 0 Å². The molecule has 11 heteroatoms. The van der Waals surface area contributed by atoms with E-state index in [-0.39, 0.29) is 18.9 Å². The molecule has 6 N–H and O–H groups in total. The molecule has 5 unspecified atom stereocenters. The van der Waals surface area contributed by atoms with E-state index in [1.54, 1.807) is 38.1 Å². The third kappa shape index (κ3) is 7.78. The Labute approximate surface area is 204 Å². The molecule has 1 aliphatic rings. The minimum Gasteiger partial charge on any atom is -0.481 e. The highest BCUT2D eigenvalue weighted by Gasteiger charge is 2.40. The highest BCUT2D eigenvalue weighted by atomic mass is 16.4. The fraction of sp³-hybridized carbons (Fsp3) is 0.542. The lowest BCUT2D eigenvalue weighted by atomic mass is 9.98. The summed E-state index contributed by atoms with van der Waals surface area (Å²) in [6.07, 6.45) is 0.817. The number of carboxylic acids is 2. The Hall–Kier alpha value is -3.47. The van der Waals surface area contributed by atoms with E-state index >= 15 is 0 Å². The van der Waals surface area contributed by atoms with Crippen molar-refractivity contribution >= 4 is 29.7 Å². The second-order valence-corrected chi connectivity index (χ2v) is 8.85. The van der Waals surface area contributed by atoms with Crippen molar-refractivity contribution in [2.75, 3.05) is 6.54 Å². The summed E-state index contributed by atoms with van der Waals surface area (Å²) in [6.45, 7) is 3.69. The zero-order chi connectivity index (χ0) is 26.1. The maximum Gasteiger partial charge on any atom is 0.326 e. The number of likely N-dealkylation sites (tertiary alicyclic amines) is 1. The first kappa shape index (κ1) is 27.8. The van der Waals surface area contributed by atoms with Crippen molar-refractivity contribution in [2.24, 2.45) is 11.7 Å². The third-order valence-electron chi connectivity index (χ3n) is 6.24. The molecule has 1 saturated heterocycles. The van der Waals surface area contributed by atoms with Gasteiger partial charge in [0.2, 0.25) is 17.7 Å². The first-order chi connectivity index (χ1) is 16.5. The lowest BCUT2D eigenvalue weighted by Gasteiger charge is -2.30. The van der Waals surface area contributed by atoms with E-state index < -0.39 is 60.2 Å². The number of aliphatic carboxylic acids is 2. The van der Waals surface area contributed by atoms with E-state index in [0.29, 0.717) is 19.3 Å². The number of carbonyl (C=O) groups excluding carboxylic acids is 3. The topological polar surface area (TPSA) is 179 Å². The minimum atomic E-state index is -1.42. The zero-order valence-electron chi connectivity index (χ0n) is 20.0. The summed E-state index contributed by atoms with van der Waals surface area (Å²) in [5.41, 5.74) is 6.79. The molecule has 35 heavy (non-hydrogen) atoms. The maximum absolute atomic E-state index is 13.2. The first-order valence-corrected chi connectivity index (χ1v) is 11.7. The van der Waals surface area contributed by atoms with E-state index in [4.69, 9.17) is 5.73 Å². The molecule has 0 spiro atoms. The van der Waals surface area contributed by atoms with Gasteiger partial charge in [0.25, 0.3) is 0 Å². The Morgan fingerprint density at radius 1 is 1.11 bits per heavy atom. The van der Waals surface area contributed by atoms with Gasteiger partial charge < -0.3 is 31.5 Å². The summed E-state index contributed by atoms with van der Waals surface area (Å²) in [5, 5.41) is 23.7. The average Bonchev–Trinajstić information content (AvgIpc) is 3.31. The normalized spacial score (nSPS) is 18.7. The Kier molecular flexibility index (Phi) is 10.2. The van der Waals surface area contributed by atoms with Crippen LogP contribution >= 0.6 is 0 Å². The molecule has 1 aromatic rings. The molecule has 11 nitrogen and oxygen atoms in total. The highest BCUT2D eigenvalue weighted by molar-refractivity contribution is 5.96. The van der Waals surface area contributed by atoms with Crippen molar-refractivity contribution in [3.8, 4) is 0 Å². The van der Waals surface area contributed by atoms with Gasteiger partial charge in [0, 0.05) is 6.54 Å². The minimum absolute atomic E-state index is 0.181. The van der Waals surface area contributed by atoms with Gasteiger partial charge in [-0.2, -0.15) is 0 Å². The van der Waals surface area contributed by atoms with E-state index in [1.165, 1.54) is 4.90 Å². The van der Waals surface area contributed by atoms with Crippen molar-refractivity contribution in [2.45, 2.75) is 70.1 Å². The van der Waals surface area contributed by atoms with Gasteiger partial charge in [-0.05, 0) is 30.7 Å². The molecule has 0 aromatic heterocycles. The number of amides is 3. The Morgan fingerprint density at radius 3 is 2.34 bits per heavy atom. The number of hydrogen-bond donors (Lipinski definition) is 5. The molecule has 0 aliphatic carbocycles. The first-order valence-electron chi connectivity index (χ1n) is 11.7. The molecule has 1 fully saturated rings. The molecule has 2 rings (SSSR count). The SMILES string of the molecule is CCC(C)C(NC(=O)C1CCCN1C(=O)C(CC(=O)O)NC(=O)C(N)Cc1ccccc1)C(=O)O. The van der Waals surface area contributed by atoms with Crippen LogP contribution in [0.25, 0.3) is 0 Å². The van der Waals surface area contributed by atoms with E-state index in [1.807, 2.05) is 6.07 Å². The standard InChI is InChI=1S/C24H34N4O7/c1-3-14(2)20(24(34)35)27-22(32)18-10-7-11-28(18)23(33)17(13-19(29)30)26-21(31)16(25)12-15-8-5-4-6-9-15/h4-6,8-9,14,16-18,20H,3,7,10-13,25H2,1-2H3,(H,26,31)(H,27,32)(H,29,30)(H,34,35). The number of carbonyl (C=O) groups is 5. The number of nitrogens with one attached hydrogen (secondary N) is 2. The van der Waals surface area contributed by atoms with Crippen LogP contribution in [0.5, 0.6) is 0 Å². The Bertz CT molecular complexity index is 924. The van der Waals surface area contributed by atoms with Gasteiger partial charge in [0.05, 0.1) is 12.5 Å². The molecule has 3 amide bonds. The predicted octanol–water partition coefficient (Wildman–Crippen LogP) is 0.122. The van der Waals surface area contributed by atoms with Crippen LogP contribution in [-0.4, -0.2) is 75.5 Å². The smallest absolute Gasteiger partial charge is 0.326 e. The van der Waals surface area contributed by atoms with Gasteiger partial charge in [-0.25, -0.2) is 4.79 Å². The number of hydrogen-bond acceptors (Lipinski definition) is 6. The van der Waals surface area contributed by atoms with E-state index in [9.17, 15) is 34.2 Å². The van der Waals surface area contributed by atoms with Crippen LogP contribution in [-0.2, 0) is 30.4 Å². The summed E-state index contributed by atoms with van der Waals surface area (Å²) in [4.78, 5) is 63.0. The molecule has 0 saturated carbocycles. The molecular formula is C24H34N4O7. The summed E-state index contributed by atoms with van der Waals surface area (Å²) in [6, 6.07) is 4.51. The summed E-state index contributed by atoms with van der Waals surface area (Å²) in [5.74, 6) is -4.83. The van der Waals surface area contributed by atoms with Crippen LogP contribution in [0.15, 0.2) is 30.3 Å². The second-order valence-electron chi connectivity index (χ2n) is 8.85. The van der Waals surface area contributed by atoms with Gasteiger partial charge >= 0.3 is 11.9 Å². The molecule has 192 valence electrons. The third-order valence-corrected chi connectivity index (χ3v) is 6.24. The lowest BCUT2D eigenvalue weighted by molar-refractivity contribution is -0.147. The van der Waals surface area contributed by atoms with Crippen LogP contribution in [0.4, 0.5) is 0 Å². The van der Waals surface area contributed by atoms with Gasteiger partial charge in [0.15, 0.2) is 0 Å². The highest BCUT2D eigenvalue weighted by Crippen LogP contribution is 2.20. The largest absolute Gasteiger partial charge is 0.481 e. The Balaban J connectivity index is 2.12. The maximum atomic E-state index is 13.2. The van der Waals surface area contributed by atoms with Crippen LogP contribution in [0.1, 0.15) is 45.1 Å². The van der Waals surface area contributed by atoms with Crippen LogP contribution in [0.2, 0.25) is 0 Å². The molecule has 1 heterocycles. The molecule has 1 aromatic carbocycles. The van der Waals surface area contributed by atoms with Gasteiger partial charge in [-0.3, -0.25) is 19.2 Å². The molecule has 0 bridgehead atoms. The van der Waals surface area contributed by atoms with Gasteiger partial charge in [-0.1, -0.05) is 50.6 Å². The van der Waals surface area contributed by atoms with Crippen molar-refractivity contribution in [1.29, 1.82) is 0 Å². The number of carboxylic acid groups (broad SMARTS) is 2.